The zero-order chi connectivity index (χ0) is 24.4. The molecule has 0 aliphatic heterocycles. The Hall–Kier alpha value is -4.47. The summed E-state index contributed by atoms with van der Waals surface area (Å²) in [6, 6.07) is 8.84. The van der Waals surface area contributed by atoms with Gasteiger partial charge in [0.25, 0.3) is 11.5 Å². The number of fused-ring (bicyclic) bond motifs is 1. The van der Waals surface area contributed by atoms with E-state index in [9.17, 15) is 19.2 Å². The number of aromatic amines is 1. The van der Waals surface area contributed by atoms with Crippen LogP contribution in [0.15, 0.2) is 58.5 Å². The van der Waals surface area contributed by atoms with E-state index in [1.807, 2.05) is 31.2 Å². The van der Waals surface area contributed by atoms with Gasteiger partial charge in [-0.15, -0.1) is 0 Å². The summed E-state index contributed by atoms with van der Waals surface area (Å²) in [7, 11) is 2.92. The molecule has 0 atom stereocenters. The van der Waals surface area contributed by atoms with Crippen molar-refractivity contribution in [2.45, 2.75) is 20.0 Å². The van der Waals surface area contributed by atoms with Crippen molar-refractivity contribution >= 4 is 22.9 Å². The van der Waals surface area contributed by atoms with E-state index in [2.05, 4.69) is 15.4 Å². The average molecular weight is 461 g/mol. The quantitative estimate of drug-likeness (QED) is 0.419. The largest absolute Gasteiger partial charge is 0.468 e. The highest BCUT2D eigenvalue weighted by Gasteiger charge is 2.21. The second-order valence-electron chi connectivity index (χ2n) is 7.89. The van der Waals surface area contributed by atoms with E-state index in [-0.39, 0.29) is 23.1 Å². The first-order chi connectivity index (χ1) is 16.3. The number of esters is 1. The number of nitrogens with one attached hydrogen (secondary N) is 2. The van der Waals surface area contributed by atoms with Crippen LogP contribution in [-0.4, -0.2) is 38.3 Å². The number of ether oxygens (including phenoxy) is 1. The number of hydrogen-bond donors (Lipinski definition) is 2. The molecule has 4 aromatic rings. The van der Waals surface area contributed by atoms with Crippen LogP contribution in [0.2, 0.25) is 0 Å². The molecule has 0 saturated heterocycles. The van der Waals surface area contributed by atoms with Gasteiger partial charge in [-0.3, -0.25) is 28.4 Å². The average Bonchev–Trinajstić information content (AvgIpc) is 3.26. The van der Waals surface area contributed by atoms with E-state index in [4.69, 9.17) is 4.74 Å². The van der Waals surface area contributed by atoms with E-state index in [0.717, 1.165) is 15.7 Å². The van der Waals surface area contributed by atoms with Crippen molar-refractivity contribution in [3.63, 3.8) is 0 Å². The monoisotopic (exact) mass is 461 g/mol. The zero-order valence-corrected chi connectivity index (χ0v) is 18.9. The number of nitrogens with zero attached hydrogens (tertiary/aromatic N) is 3. The fourth-order valence-corrected chi connectivity index (χ4v) is 3.61. The lowest BCUT2D eigenvalue weighted by atomic mass is 10.1. The molecule has 0 radical (unpaired) electrons. The minimum Gasteiger partial charge on any atom is -0.468 e. The van der Waals surface area contributed by atoms with Gasteiger partial charge in [0, 0.05) is 37.1 Å². The molecule has 0 unspecified atom stereocenters. The molecule has 0 fully saturated rings. The van der Waals surface area contributed by atoms with Crippen LogP contribution in [0.25, 0.3) is 22.2 Å². The van der Waals surface area contributed by atoms with Crippen molar-refractivity contribution in [1.82, 2.24) is 24.6 Å². The first kappa shape index (κ1) is 22.7. The lowest BCUT2D eigenvalue weighted by molar-refractivity contribution is -0.141. The number of pyridine rings is 2. The third kappa shape index (κ3) is 4.38. The first-order valence-electron chi connectivity index (χ1n) is 10.5. The number of aromatic nitrogens is 4. The Bertz CT molecular complexity index is 1510. The summed E-state index contributed by atoms with van der Waals surface area (Å²) in [4.78, 5) is 54.4. The van der Waals surface area contributed by atoms with Gasteiger partial charge >= 0.3 is 5.97 Å². The van der Waals surface area contributed by atoms with Gasteiger partial charge in [-0.2, -0.15) is 5.10 Å². The summed E-state index contributed by atoms with van der Waals surface area (Å²) in [6.07, 6.45) is 4.66. The number of H-pyrrole nitrogens is 1. The molecular weight excluding hydrogens is 438 g/mol. The highest BCUT2D eigenvalue weighted by Crippen LogP contribution is 2.17. The molecule has 0 spiro atoms. The molecule has 10 heteroatoms. The van der Waals surface area contributed by atoms with Gasteiger partial charge in [0.2, 0.25) is 0 Å². The number of carbonyl (C=O) groups is 2. The molecule has 34 heavy (non-hydrogen) atoms. The number of amides is 1. The predicted molar refractivity (Wildman–Crippen MR) is 125 cm³/mol. The van der Waals surface area contributed by atoms with E-state index in [0.29, 0.717) is 11.1 Å². The highest BCUT2D eigenvalue weighted by atomic mass is 16.5. The van der Waals surface area contributed by atoms with Crippen LogP contribution < -0.4 is 16.3 Å². The maximum Gasteiger partial charge on any atom is 0.325 e. The van der Waals surface area contributed by atoms with Crippen LogP contribution in [0.4, 0.5) is 0 Å². The lowest BCUT2D eigenvalue weighted by Gasteiger charge is -2.13. The highest BCUT2D eigenvalue weighted by molar-refractivity contribution is 5.97. The van der Waals surface area contributed by atoms with Crippen molar-refractivity contribution in [3.05, 3.63) is 86.2 Å². The molecular formula is C24H23N5O5. The maximum absolute atomic E-state index is 13.3. The van der Waals surface area contributed by atoms with Crippen molar-refractivity contribution < 1.29 is 14.3 Å². The minimum absolute atomic E-state index is 0.0883. The zero-order valence-electron chi connectivity index (χ0n) is 18.9. The molecule has 174 valence electrons. The smallest absolute Gasteiger partial charge is 0.325 e. The van der Waals surface area contributed by atoms with Crippen molar-refractivity contribution in [1.29, 1.82) is 0 Å². The third-order valence-corrected chi connectivity index (χ3v) is 5.48. The van der Waals surface area contributed by atoms with Gasteiger partial charge in [-0.25, -0.2) is 0 Å². The lowest BCUT2D eigenvalue weighted by Crippen LogP contribution is -2.35. The second kappa shape index (κ2) is 9.18. The SMILES string of the molecule is COC(=O)Cn1c(=O)c(C(=O)NCc2ccc(C)cc2)cc2c(=O)c(-c3cnn(C)c3)c[nH]c21. The molecule has 0 bridgehead atoms. The maximum atomic E-state index is 13.3. The van der Waals surface area contributed by atoms with Crippen LogP contribution in [-0.2, 0) is 29.7 Å². The van der Waals surface area contributed by atoms with Crippen LogP contribution in [0, 0.1) is 6.92 Å². The predicted octanol–water partition coefficient (Wildman–Crippen LogP) is 1.50. The Balaban J connectivity index is 1.82. The molecule has 0 aliphatic rings. The summed E-state index contributed by atoms with van der Waals surface area (Å²) in [5.74, 6) is -1.35. The van der Waals surface area contributed by atoms with Gasteiger partial charge in [-0.05, 0) is 18.6 Å². The minimum atomic E-state index is -0.718. The number of methoxy groups -OCH3 is 1. The first-order valence-corrected chi connectivity index (χ1v) is 10.5. The Kier molecular flexibility index (Phi) is 6.13. The van der Waals surface area contributed by atoms with Gasteiger partial charge in [0.15, 0.2) is 5.43 Å². The number of carbonyl (C=O) groups excluding carboxylic acids is 2. The van der Waals surface area contributed by atoms with Crippen molar-refractivity contribution in [2.24, 2.45) is 7.05 Å². The van der Waals surface area contributed by atoms with E-state index in [1.165, 1.54) is 25.6 Å². The number of aryl methyl sites for hydroxylation is 2. The molecule has 10 nitrogen and oxygen atoms in total. The molecule has 0 saturated carbocycles. The summed E-state index contributed by atoms with van der Waals surface area (Å²) in [5.41, 5.74) is 1.56. The molecule has 1 amide bonds. The summed E-state index contributed by atoms with van der Waals surface area (Å²) in [6.45, 7) is 1.69. The van der Waals surface area contributed by atoms with Crippen LogP contribution >= 0.6 is 0 Å². The third-order valence-electron chi connectivity index (χ3n) is 5.48. The fraction of sp³-hybridized carbons (Fsp3) is 0.208. The Morgan fingerprint density at radius 2 is 1.91 bits per heavy atom. The van der Waals surface area contributed by atoms with Gasteiger partial charge in [-0.1, -0.05) is 29.8 Å². The van der Waals surface area contributed by atoms with E-state index >= 15 is 0 Å². The summed E-state index contributed by atoms with van der Waals surface area (Å²) < 4.78 is 7.29. The molecule has 3 heterocycles. The number of benzene rings is 1. The molecule has 2 N–H and O–H groups in total. The van der Waals surface area contributed by atoms with Crippen LogP contribution in [0.1, 0.15) is 21.5 Å². The Labute approximate surface area is 193 Å². The molecule has 4 rings (SSSR count). The summed E-state index contributed by atoms with van der Waals surface area (Å²) >= 11 is 0. The number of hydrogen-bond acceptors (Lipinski definition) is 6. The van der Waals surface area contributed by atoms with Crippen molar-refractivity contribution in [3.8, 4) is 11.1 Å². The topological polar surface area (TPSA) is 128 Å². The standard InChI is InChI=1S/C24H23N5O5/c1-14-4-6-15(7-5-14)9-26-23(32)18-8-17-21(31)19(16-10-27-28(2)12-16)11-25-22(17)29(24(18)33)13-20(30)34-3/h4-8,10-12H,9,13H2,1-3H3,(H,25,31)(H,26,32). The fourth-order valence-electron chi connectivity index (χ4n) is 3.61. The van der Waals surface area contributed by atoms with Crippen molar-refractivity contribution in [2.75, 3.05) is 7.11 Å². The Morgan fingerprint density at radius 3 is 2.56 bits per heavy atom. The molecule has 1 aromatic carbocycles. The number of rotatable bonds is 6. The van der Waals surface area contributed by atoms with Gasteiger partial charge in [0.05, 0.1) is 18.7 Å². The Morgan fingerprint density at radius 1 is 1.18 bits per heavy atom. The normalized spacial score (nSPS) is 10.9. The van der Waals surface area contributed by atoms with E-state index < -0.39 is 29.4 Å². The van der Waals surface area contributed by atoms with Gasteiger partial charge in [0.1, 0.15) is 17.8 Å². The molecule has 0 aliphatic carbocycles. The van der Waals surface area contributed by atoms with Crippen LogP contribution in [0.3, 0.4) is 0 Å². The van der Waals surface area contributed by atoms with Crippen LogP contribution in [0.5, 0.6) is 0 Å². The van der Waals surface area contributed by atoms with E-state index in [1.54, 1.807) is 17.9 Å². The van der Waals surface area contributed by atoms with Gasteiger partial charge < -0.3 is 15.0 Å². The summed E-state index contributed by atoms with van der Waals surface area (Å²) in [5, 5.41) is 6.88. The molecule has 3 aromatic heterocycles. The second-order valence-corrected chi connectivity index (χ2v) is 7.89.